The number of anilines is 1. The standard InChI is InChI=1S/C16H20ClN3/c1-11(20(2)13-4-5-13)10-19-15-7-8-18-16-9-12(17)3-6-14(15)16/h3,6-9,11,13H,4-5,10H2,1-2H3,(H,18,19). The Bertz CT molecular complexity index is 610. The van der Waals surface area contributed by atoms with E-state index in [4.69, 9.17) is 11.6 Å². The van der Waals surface area contributed by atoms with Gasteiger partial charge in [0.05, 0.1) is 5.52 Å². The summed E-state index contributed by atoms with van der Waals surface area (Å²) in [5.74, 6) is 0. The van der Waals surface area contributed by atoms with Gasteiger partial charge >= 0.3 is 0 Å². The fraction of sp³-hybridized carbons (Fsp3) is 0.438. The molecule has 0 aliphatic heterocycles. The number of benzene rings is 1. The quantitative estimate of drug-likeness (QED) is 0.908. The Morgan fingerprint density at radius 1 is 1.40 bits per heavy atom. The number of nitrogens with zero attached hydrogens (tertiary/aromatic N) is 2. The van der Waals surface area contributed by atoms with Crippen molar-refractivity contribution in [3.63, 3.8) is 0 Å². The fourth-order valence-corrected chi connectivity index (χ4v) is 2.69. The summed E-state index contributed by atoms with van der Waals surface area (Å²) in [5.41, 5.74) is 2.06. The summed E-state index contributed by atoms with van der Waals surface area (Å²) in [5, 5.41) is 5.39. The SMILES string of the molecule is CC(CNc1ccnc2cc(Cl)ccc12)N(C)C1CC1. The van der Waals surface area contributed by atoms with Gasteiger partial charge in [-0.1, -0.05) is 11.6 Å². The van der Waals surface area contributed by atoms with Crippen LogP contribution in [0.1, 0.15) is 19.8 Å². The third-order valence-corrected chi connectivity index (χ3v) is 4.35. The summed E-state index contributed by atoms with van der Waals surface area (Å²) in [6, 6.07) is 9.19. The molecule has 0 bridgehead atoms. The molecule has 1 fully saturated rings. The number of halogens is 1. The second kappa shape index (κ2) is 5.58. The Kier molecular flexibility index (Phi) is 3.81. The van der Waals surface area contributed by atoms with Gasteiger partial charge in [0.2, 0.25) is 0 Å². The number of pyridine rings is 1. The lowest BCUT2D eigenvalue weighted by Crippen LogP contribution is -2.36. The predicted octanol–water partition coefficient (Wildman–Crippen LogP) is 3.78. The first-order valence-corrected chi connectivity index (χ1v) is 7.53. The molecule has 1 unspecified atom stereocenters. The molecule has 0 saturated heterocycles. The Labute approximate surface area is 124 Å². The van der Waals surface area contributed by atoms with Gasteiger partial charge in [0.15, 0.2) is 0 Å². The smallest absolute Gasteiger partial charge is 0.0737 e. The average Bonchev–Trinajstić information content (AvgIpc) is 3.28. The van der Waals surface area contributed by atoms with Gasteiger partial charge in [-0.05, 0) is 51.1 Å². The third-order valence-electron chi connectivity index (χ3n) is 4.11. The normalized spacial score (nSPS) is 16.6. The van der Waals surface area contributed by atoms with Gasteiger partial charge < -0.3 is 5.32 Å². The first-order valence-electron chi connectivity index (χ1n) is 7.15. The molecule has 106 valence electrons. The molecule has 1 atom stereocenters. The molecule has 4 heteroatoms. The second-order valence-electron chi connectivity index (χ2n) is 5.65. The first-order chi connectivity index (χ1) is 9.65. The van der Waals surface area contributed by atoms with Crippen LogP contribution in [0.5, 0.6) is 0 Å². The molecule has 1 heterocycles. The van der Waals surface area contributed by atoms with E-state index in [1.807, 2.05) is 30.5 Å². The van der Waals surface area contributed by atoms with E-state index in [9.17, 15) is 0 Å². The maximum Gasteiger partial charge on any atom is 0.0737 e. The zero-order valence-corrected chi connectivity index (χ0v) is 12.7. The van der Waals surface area contributed by atoms with Gasteiger partial charge in [0, 0.05) is 40.9 Å². The van der Waals surface area contributed by atoms with Crippen molar-refractivity contribution in [3.8, 4) is 0 Å². The Balaban J connectivity index is 1.73. The zero-order chi connectivity index (χ0) is 14.1. The predicted molar refractivity (Wildman–Crippen MR) is 85.5 cm³/mol. The van der Waals surface area contributed by atoms with Crippen molar-refractivity contribution in [3.05, 3.63) is 35.5 Å². The highest BCUT2D eigenvalue weighted by Gasteiger charge is 2.28. The van der Waals surface area contributed by atoms with Crippen LogP contribution in [0.2, 0.25) is 5.02 Å². The molecule has 0 amide bonds. The lowest BCUT2D eigenvalue weighted by atomic mass is 10.2. The molecule has 0 spiro atoms. The van der Waals surface area contributed by atoms with E-state index in [1.54, 1.807) is 0 Å². The van der Waals surface area contributed by atoms with Crippen molar-refractivity contribution in [2.24, 2.45) is 0 Å². The maximum absolute atomic E-state index is 6.01. The van der Waals surface area contributed by atoms with Crippen molar-refractivity contribution in [1.82, 2.24) is 9.88 Å². The van der Waals surface area contributed by atoms with Crippen LogP contribution in [0.15, 0.2) is 30.5 Å². The highest BCUT2D eigenvalue weighted by atomic mass is 35.5. The van der Waals surface area contributed by atoms with Crippen LogP contribution in [-0.2, 0) is 0 Å². The van der Waals surface area contributed by atoms with Gasteiger partial charge in [-0.25, -0.2) is 0 Å². The van der Waals surface area contributed by atoms with Crippen LogP contribution in [0.25, 0.3) is 10.9 Å². The second-order valence-corrected chi connectivity index (χ2v) is 6.08. The minimum atomic E-state index is 0.526. The molecule has 1 aromatic heterocycles. The molecular weight excluding hydrogens is 270 g/mol. The maximum atomic E-state index is 6.01. The lowest BCUT2D eigenvalue weighted by Gasteiger charge is -2.25. The van der Waals surface area contributed by atoms with Crippen LogP contribution < -0.4 is 5.32 Å². The highest BCUT2D eigenvalue weighted by molar-refractivity contribution is 6.31. The van der Waals surface area contributed by atoms with Crippen LogP contribution in [0.3, 0.4) is 0 Å². The zero-order valence-electron chi connectivity index (χ0n) is 11.9. The summed E-state index contributed by atoms with van der Waals surface area (Å²) in [6.45, 7) is 3.21. The summed E-state index contributed by atoms with van der Waals surface area (Å²) in [4.78, 5) is 6.83. The van der Waals surface area contributed by atoms with E-state index < -0.39 is 0 Å². The first kappa shape index (κ1) is 13.7. The Hall–Kier alpha value is -1.32. The summed E-state index contributed by atoms with van der Waals surface area (Å²) < 4.78 is 0. The number of rotatable bonds is 5. The largest absolute Gasteiger partial charge is 0.383 e. The molecule has 1 aliphatic rings. The monoisotopic (exact) mass is 289 g/mol. The van der Waals surface area contributed by atoms with Crippen LogP contribution in [0.4, 0.5) is 5.69 Å². The van der Waals surface area contributed by atoms with E-state index >= 15 is 0 Å². The number of hydrogen-bond acceptors (Lipinski definition) is 3. The Morgan fingerprint density at radius 3 is 2.95 bits per heavy atom. The number of fused-ring (bicyclic) bond motifs is 1. The molecule has 1 saturated carbocycles. The molecule has 3 rings (SSSR count). The minimum absolute atomic E-state index is 0.526. The van der Waals surface area contributed by atoms with Crippen LogP contribution in [-0.4, -0.2) is 35.6 Å². The molecule has 20 heavy (non-hydrogen) atoms. The molecule has 3 nitrogen and oxygen atoms in total. The molecule has 2 aromatic rings. The summed E-state index contributed by atoms with van der Waals surface area (Å²) in [7, 11) is 2.22. The molecule has 1 N–H and O–H groups in total. The van der Waals surface area contributed by atoms with Crippen LogP contribution >= 0.6 is 11.6 Å². The van der Waals surface area contributed by atoms with E-state index in [-0.39, 0.29) is 0 Å². The fourth-order valence-electron chi connectivity index (χ4n) is 2.52. The van der Waals surface area contributed by atoms with Crippen LogP contribution in [0, 0.1) is 0 Å². The van der Waals surface area contributed by atoms with Gasteiger partial charge in [-0.2, -0.15) is 0 Å². The number of hydrogen-bond donors (Lipinski definition) is 1. The van der Waals surface area contributed by atoms with E-state index in [0.29, 0.717) is 6.04 Å². The topological polar surface area (TPSA) is 28.2 Å². The summed E-state index contributed by atoms with van der Waals surface area (Å²) in [6.07, 6.45) is 4.52. The van der Waals surface area contributed by atoms with Crippen molar-refractivity contribution < 1.29 is 0 Å². The van der Waals surface area contributed by atoms with Gasteiger partial charge in [-0.3, -0.25) is 9.88 Å². The molecule has 0 radical (unpaired) electrons. The molecule has 1 aromatic carbocycles. The number of likely N-dealkylation sites (N-methyl/N-ethyl adjacent to an activating group) is 1. The van der Waals surface area contributed by atoms with E-state index in [1.165, 1.54) is 12.8 Å². The molecule has 1 aliphatic carbocycles. The van der Waals surface area contributed by atoms with Gasteiger partial charge in [0.1, 0.15) is 0 Å². The average molecular weight is 290 g/mol. The lowest BCUT2D eigenvalue weighted by molar-refractivity contribution is 0.257. The highest BCUT2D eigenvalue weighted by Crippen LogP contribution is 2.28. The number of aromatic nitrogens is 1. The van der Waals surface area contributed by atoms with Gasteiger partial charge in [0.25, 0.3) is 0 Å². The van der Waals surface area contributed by atoms with Gasteiger partial charge in [-0.15, -0.1) is 0 Å². The van der Waals surface area contributed by atoms with E-state index in [0.717, 1.165) is 34.2 Å². The van der Waals surface area contributed by atoms with Crippen molar-refractivity contribution in [2.45, 2.75) is 31.8 Å². The van der Waals surface area contributed by atoms with Crippen molar-refractivity contribution in [2.75, 3.05) is 18.9 Å². The van der Waals surface area contributed by atoms with Crippen molar-refractivity contribution in [1.29, 1.82) is 0 Å². The number of nitrogens with one attached hydrogen (secondary N) is 1. The van der Waals surface area contributed by atoms with Crippen molar-refractivity contribution >= 4 is 28.2 Å². The molecular formula is C16H20ClN3. The summed E-state index contributed by atoms with van der Waals surface area (Å²) >= 11 is 6.01. The Morgan fingerprint density at radius 2 is 2.20 bits per heavy atom. The van der Waals surface area contributed by atoms with E-state index in [2.05, 4.69) is 29.2 Å². The third kappa shape index (κ3) is 2.89. The minimum Gasteiger partial charge on any atom is -0.383 e.